The number of hydrogen-bond acceptors (Lipinski definition) is 4. The van der Waals surface area contributed by atoms with Gasteiger partial charge in [0.1, 0.15) is 12.0 Å². The summed E-state index contributed by atoms with van der Waals surface area (Å²) >= 11 is 0. The van der Waals surface area contributed by atoms with Crippen LogP contribution in [0.4, 0.5) is 0 Å². The lowest BCUT2D eigenvalue weighted by Crippen LogP contribution is -2.20. The van der Waals surface area contributed by atoms with Crippen LogP contribution in [0.3, 0.4) is 0 Å². The van der Waals surface area contributed by atoms with Crippen LogP contribution < -0.4 is 0 Å². The van der Waals surface area contributed by atoms with Gasteiger partial charge < -0.3 is 4.98 Å². The molecule has 70 valence electrons. The summed E-state index contributed by atoms with van der Waals surface area (Å²) in [5.74, 6) is -1.33. The molecule has 14 heavy (non-hydrogen) atoms. The van der Waals surface area contributed by atoms with Crippen molar-refractivity contribution >= 4 is 11.7 Å². The highest BCUT2D eigenvalue weighted by molar-refractivity contribution is 6.42. The fourth-order valence-corrected chi connectivity index (χ4v) is 0.991. The summed E-state index contributed by atoms with van der Waals surface area (Å²) in [6.45, 7) is 0. The zero-order valence-corrected chi connectivity index (χ0v) is 7.04. The number of Topliss-reactive ketones (excluding diaryl/α,β-unsaturated/α-hetero) is 1. The molecule has 1 N–H and O–H groups in total. The zero-order valence-electron chi connectivity index (χ0n) is 7.04. The minimum atomic E-state index is -0.672. The van der Waals surface area contributed by atoms with E-state index < -0.39 is 11.7 Å². The Bertz CT molecular complexity index is 399. The largest absolute Gasteiger partial charge is 0.350 e. The Balaban J connectivity index is 2.26. The number of rotatable bonds is 2. The number of carbonyl (C=O) groups is 2. The first-order valence-electron chi connectivity index (χ1n) is 3.85. The first-order chi connectivity index (χ1) is 6.79. The number of nitrogens with zero attached hydrogens (tertiary/aromatic N) is 3. The summed E-state index contributed by atoms with van der Waals surface area (Å²) in [4.78, 5) is 32.8. The summed E-state index contributed by atoms with van der Waals surface area (Å²) in [5, 5.41) is 0. The molecule has 0 aliphatic carbocycles. The van der Waals surface area contributed by atoms with Crippen LogP contribution in [-0.2, 0) is 0 Å². The van der Waals surface area contributed by atoms with Crippen molar-refractivity contribution < 1.29 is 9.59 Å². The fraction of sp³-hybridized carbons (Fsp3) is 0. The van der Waals surface area contributed by atoms with E-state index in [4.69, 9.17) is 0 Å². The van der Waals surface area contributed by atoms with Crippen molar-refractivity contribution in [2.45, 2.75) is 0 Å². The molecule has 0 fully saturated rings. The number of nitrogens with one attached hydrogen (secondary N) is 1. The Morgan fingerprint density at radius 3 is 2.86 bits per heavy atom. The average molecular weight is 190 g/mol. The standard InChI is InChI=1S/C8H6N4O2/c13-7(6-3-10-4-11-6)8(14)12-2-1-9-5-12/h1-5H,(H,10,11). The molecule has 6 nitrogen and oxygen atoms in total. The van der Waals surface area contributed by atoms with E-state index in [-0.39, 0.29) is 5.69 Å². The van der Waals surface area contributed by atoms with E-state index in [0.29, 0.717) is 0 Å². The number of aromatic amines is 1. The van der Waals surface area contributed by atoms with Crippen molar-refractivity contribution in [3.05, 3.63) is 36.9 Å². The Morgan fingerprint density at radius 1 is 1.43 bits per heavy atom. The van der Waals surface area contributed by atoms with E-state index in [1.54, 1.807) is 0 Å². The van der Waals surface area contributed by atoms with Crippen LogP contribution in [-0.4, -0.2) is 31.2 Å². The van der Waals surface area contributed by atoms with Crippen LogP contribution in [0, 0.1) is 0 Å². The monoisotopic (exact) mass is 190 g/mol. The van der Waals surface area contributed by atoms with Crippen molar-refractivity contribution in [2.75, 3.05) is 0 Å². The van der Waals surface area contributed by atoms with E-state index in [1.807, 2.05) is 0 Å². The van der Waals surface area contributed by atoms with Gasteiger partial charge in [-0.15, -0.1) is 0 Å². The third-order valence-electron chi connectivity index (χ3n) is 1.66. The van der Waals surface area contributed by atoms with Crippen LogP contribution in [0.15, 0.2) is 31.2 Å². The molecule has 0 atom stereocenters. The van der Waals surface area contributed by atoms with E-state index in [9.17, 15) is 9.59 Å². The molecule has 0 saturated carbocycles. The van der Waals surface area contributed by atoms with Crippen molar-refractivity contribution in [1.29, 1.82) is 0 Å². The Morgan fingerprint density at radius 2 is 2.29 bits per heavy atom. The van der Waals surface area contributed by atoms with Gasteiger partial charge in [0.25, 0.3) is 5.78 Å². The number of ketones is 1. The highest BCUT2D eigenvalue weighted by Gasteiger charge is 2.19. The molecule has 0 aliphatic heterocycles. The molecule has 2 aromatic heterocycles. The number of aromatic nitrogens is 4. The molecule has 2 aromatic rings. The average Bonchev–Trinajstić information content (AvgIpc) is 2.87. The normalized spacial score (nSPS) is 10.0. The predicted octanol–water partition coefficient (Wildman–Crippen LogP) is 0.129. The molecule has 0 aliphatic rings. The van der Waals surface area contributed by atoms with Crippen LogP contribution in [0.1, 0.15) is 15.3 Å². The van der Waals surface area contributed by atoms with Crippen molar-refractivity contribution in [3.8, 4) is 0 Å². The lowest BCUT2D eigenvalue weighted by molar-refractivity contribution is 0.0762. The number of hydrogen-bond donors (Lipinski definition) is 1. The maximum absolute atomic E-state index is 11.4. The third kappa shape index (κ3) is 1.33. The highest BCUT2D eigenvalue weighted by atomic mass is 16.2. The second-order valence-corrected chi connectivity index (χ2v) is 2.56. The van der Waals surface area contributed by atoms with E-state index in [0.717, 1.165) is 4.57 Å². The van der Waals surface area contributed by atoms with Gasteiger partial charge in [-0.3, -0.25) is 14.2 Å². The van der Waals surface area contributed by atoms with E-state index in [2.05, 4.69) is 15.0 Å². The Hall–Kier alpha value is -2.24. The van der Waals surface area contributed by atoms with Gasteiger partial charge in [0.05, 0.1) is 6.33 Å². The lowest BCUT2D eigenvalue weighted by Gasteiger charge is -1.95. The molecule has 0 unspecified atom stereocenters. The summed E-state index contributed by atoms with van der Waals surface area (Å²) < 4.78 is 1.11. The quantitative estimate of drug-likeness (QED) is 0.539. The molecule has 6 heteroatoms. The number of carbonyl (C=O) groups excluding carboxylic acids is 2. The molecule has 2 heterocycles. The SMILES string of the molecule is O=C(C(=O)n1ccnc1)c1c[nH]cn1. The molecule has 0 amide bonds. The van der Waals surface area contributed by atoms with Gasteiger partial charge in [-0.2, -0.15) is 0 Å². The molecular weight excluding hydrogens is 184 g/mol. The molecule has 2 rings (SSSR count). The minimum absolute atomic E-state index is 0.101. The third-order valence-corrected chi connectivity index (χ3v) is 1.66. The van der Waals surface area contributed by atoms with E-state index >= 15 is 0 Å². The van der Waals surface area contributed by atoms with Gasteiger partial charge in [-0.25, -0.2) is 9.97 Å². The molecule has 0 aromatic carbocycles. The van der Waals surface area contributed by atoms with Crippen LogP contribution in [0.5, 0.6) is 0 Å². The number of H-pyrrole nitrogens is 1. The summed E-state index contributed by atoms with van der Waals surface area (Å²) in [7, 11) is 0. The topological polar surface area (TPSA) is 80.6 Å². The molecule has 0 radical (unpaired) electrons. The van der Waals surface area contributed by atoms with Crippen molar-refractivity contribution in [1.82, 2.24) is 19.5 Å². The van der Waals surface area contributed by atoms with Gasteiger partial charge in [0.2, 0.25) is 0 Å². The van der Waals surface area contributed by atoms with E-state index in [1.165, 1.54) is 31.2 Å². The maximum Gasteiger partial charge on any atom is 0.305 e. The van der Waals surface area contributed by atoms with Gasteiger partial charge in [-0.1, -0.05) is 0 Å². The maximum atomic E-state index is 11.4. The fourth-order valence-electron chi connectivity index (χ4n) is 0.991. The van der Waals surface area contributed by atoms with Gasteiger partial charge in [0.15, 0.2) is 0 Å². The van der Waals surface area contributed by atoms with Crippen molar-refractivity contribution in [2.24, 2.45) is 0 Å². The second kappa shape index (κ2) is 3.25. The molecule has 0 bridgehead atoms. The second-order valence-electron chi connectivity index (χ2n) is 2.56. The molecule has 0 saturated heterocycles. The predicted molar refractivity (Wildman–Crippen MR) is 45.8 cm³/mol. The van der Waals surface area contributed by atoms with Gasteiger partial charge in [-0.05, 0) is 0 Å². The molecular formula is C8H6N4O2. The first-order valence-corrected chi connectivity index (χ1v) is 3.85. The Labute approximate surface area is 78.6 Å². The lowest BCUT2D eigenvalue weighted by atomic mass is 10.3. The van der Waals surface area contributed by atoms with Crippen LogP contribution in [0.2, 0.25) is 0 Å². The highest BCUT2D eigenvalue weighted by Crippen LogP contribution is 1.97. The zero-order chi connectivity index (χ0) is 9.97. The van der Waals surface area contributed by atoms with Gasteiger partial charge in [0, 0.05) is 18.6 Å². The van der Waals surface area contributed by atoms with Crippen LogP contribution in [0.25, 0.3) is 0 Å². The summed E-state index contributed by atoms with van der Waals surface area (Å²) in [5.41, 5.74) is 0.101. The van der Waals surface area contributed by atoms with Crippen LogP contribution >= 0.6 is 0 Å². The smallest absolute Gasteiger partial charge is 0.305 e. The number of imidazole rings is 2. The first kappa shape index (κ1) is 8.36. The van der Waals surface area contributed by atoms with Gasteiger partial charge >= 0.3 is 5.91 Å². The summed E-state index contributed by atoms with van der Waals surface area (Å²) in [6, 6.07) is 0. The van der Waals surface area contributed by atoms with Crippen molar-refractivity contribution in [3.63, 3.8) is 0 Å². The Kier molecular flexibility index (Phi) is 1.94. The molecule has 0 spiro atoms. The summed E-state index contributed by atoms with van der Waals surface area (Å²) in [6.07, 6.45) is 6.82. The minimum Gasteiger partial charge on any atom is -0.350 e.